The van der Waals surface area contributed by atoms with Crippen molar-refractivity contribution < 1.29 is 68.5 Å². The molecule has 97 valence electrons. The number of hydrogen-bond donors (Lipinski definition) is 0. The number of carbonyl (C=O) groups excluding carboxylic acids is 2. The number of ether oxygens (including phenoxy) is 2. The van der Waals surface area contributed by atoms with Crippen LogP contribution in [0.15, 0.2) is 6.58 Å². The number of alkyl halides is 4. The second kappa shape index (κ2) is 8.98. The predicted octanol–water partition coefficient (Wildman–Crippen LogP) is -2.63. The molecule has 0 bridgehead atoms. The van der Waals surface area contributed by atoms with Crippen molar-refractivity contribution in [2.24, 2.45) is 0 Å². The minimum Gasteiger partial charge on any atom is 0 e. The monoisotopic (exact) mass is 437 g/mol. The molecule has 4 nitrogen and oxygen atoms in total. The van der Waals surface area contributed by atoms with Crippen LogP contribution in [0.5, 0.6) is 0 Å². The van der Waals surface area contributed by atoms with Gasteiger partial charge >= 0.3 is 95.7 Å². The molecule has 1 radical (unpaired) electrons. The molecular formula is C8H9F2IO4Rh-2. The molecule has 0 aromatic heterocycles. The Morgan fingerprint density at radius 1 is 1.38 bits per heavy atom. The molecule has 0 heterocycles. The van der Waals surface area contributed by atoms with Gasteiger partial charge in [0.1, 0.15) is 0 Å². The molecule has 16 heavy (non-hydrogen) atoms. The first-order valence-corrected chi connectivity index (χ1v) is 6.93. The first-order chi connectivity index (χ1) is 6.94. The number of hydrogen-bond acceptors (Lipinski definition) is 4. The van der Waals surface area contributed by atoms with Gasteiger partial charge in [0.15, 0.2) is 0 Å². The Hall–Kier alpha value is -0.107. The molecule has 0 atom stereocenters. The average molecular weight is 437 g/mol. The third-order valence-electron chi connectivity index (χ3n) is 1.16. The fraction of sp³-hybridized carbons (Fsp3) is 0.500. The summed E-state index contributed by atoms with van der Waals surface area (Å²) in [6.07, 6.45) is 1.90. The fourth-order valence-electron chi connectivity index (χ4n) is 0.479. The van der Waals surface area contributed by atoms with Gasteiger partial charge in [-0.3, -0.25) is 0 Å². The van der Waals surface area contributed by atoms with E-state index in [1.165, 1.54) is 4.93 Å². The Morgan fingerprint density at radius 2 is 1.88 bits per heavy atom. The Labute approximate surface area is 115 Å². The third-order valence-corrected chi connectivity index (χ3v) is 2.96. The molecular weight excluding hydrogens is 428 g/mol. The molecule has 0 aromatic rings. The van der Waals surface area contributed by atoms with E-state index in [1.807, 2.05) is 6.08 Å². The van der Waals surface area contributed by atoms with Gasteiger partial charge in [0.25, 0.3) is 0 Å². The Balaban J connectivity index is 0. The molecule has 0 amide bonds. The predicted molar refractivity (Wildman–Crippen MR) is 41.7 cm³/mol. The summed E-state index contributed by atoms with van der Waals surface area (Å²) in [5.74, 6) is -2.39. The SMILES string of the molecule is C=[C-]C(=O)OCCOC(=O)C(F)(F)[I-]C.[Rh]. The van der Waals surface area contributed by atoms with Crippen LogP contribution in [-0.2, 0) is 38.5 Å². The van der Waals surface area contributed by atoms with Crippen LogP contribution in [0.2, 0.25) is 0 Å². The van der Waals surface area contributed by atoms with Crippen LogP contribution < -0.4 is 21.2 Å². The molecule has 0 N–H and O–H groups in total. The molecule has 0 aliphatic heterocycles. The maximum absolute atomic E-state index is 12.6. The van der Waals surface area contributed by atoms with Gasteiger partial charge in [-0.25, -0.2) is 0 Å². The van der Waals surface area contributed by atoms with Gasteiger partial charge < -0.3 is 0 Å². The molecule has 0 saturated heterocycles. The normalized spacial score (nSPS) is 10.2. The van der Waals surface area contributed by atoms with Crippen molar-refractivity contribution in [2.75, 3.05) is 18.1 Å². The van der Waals surface area contributed by atoms with Gasteiger partial charge in [0, 0.05) is 19.5 Å². The average Bonchev–Trinajstić information content (AvgIpc) is 2.23. The zero-order chi connectivity index (χ0) is 11.9. The zero-order valence-corrected chi connectivity index (χ0v) is 12.0. The van der Waals surface area contributed by atoms with Gasteiger partial charge in [-0.1, -0.05) is 0 Å². The maximum Gasteiger partial charge on any atom is 0 e. The molecule has 0 spiro atoms. The minimum atomic E-state index is -3.38. The molecule has 8 heteroatoms. The van der Waals surface area contributed by atoms with E-state index in [-0.39, 0.29) is 26.1 Å². The summed E-state index contributed by atoms with van der Waals surface area (Å²) in [6.45, 7) is 2.32. The van der Waals surface area contributed by atoms with Crippen LogP contribution in [0.3, 0.4) is 0 Å². The summed E-state index contributed by atoms with van der Waals surface area (Å²) in [7, 11) is 0. The number of halogens is 3. The van der Waals surface area contributed by atoms with Crippen molar-refractivity contribution in [2.45, 2.75) is 3.93 Å². The first kappa shape index (κ1) is 18.3. The van der Waals surface area contributed by atoms with E-state index in [0.717, 1.165) is 0 Å². The van der Waals surface area contributed by atoms with Crippen molar-refractivity contribution in [3.63, 3.8) is 0 Å². The third kappa shape index (κ3) is 7.21. The van der Waals surface area contributed by atoms with Crippen LogP contribution in [0.4, 0.5) is 8.78 Å². The molecule has 0 rings (SSSR count). The Kier molecular flexibility index (Phi) is 10.2. The van der Waals surface area contributed by atoms with Crippen molar-refractivity contribution in [3.05, 3.63) is 12.7 Å². The van der Waals surface area contributed by atoms with E-state index in [2.05, 4.69) is 16.1 Å². The quantitative estimate of drug-likeness (QED) is 0.0869. The van der Waals surface area contributed by atoms with E-state index < -0.39 is 43.7 Å². The van der Waals surface area contributed by atoms with Crippen LogP contribution >= 0.6 is 0 Å². The second-order valence-corrected chi connectivity index (χ2v) is 4.57. The molecule has 0 saturated carbocycles. The van der Waals surface area contributed by atoms with Gasteiger partial charge in [-0.15, -0.1) is 0 Å². The second-order valence-electron chi connectivity index (χ2n) is 2.14. The molecule has 0 aliphatic carbocycles. The van der Waals surface area contributed by atoms with Gasteiger partial charge in [-0.2, -0.15) is 0 Å². The van der Waals surface area contributed by atoms with Gasteiger partial charge in [0.05, 0.1) is 0 Å². The summed E-state index contributed by atoms with van der Waals surface area (Å²) in [5.41, 5.74) is 0. The summed E-state index contributed by atoms with van der Waals surface area (Å²) >= 11 is -1.56. The Morgan fingerprint density at radius 3 is 2.31 bits per heavy atom. The molecule has 0 aromatic carbocycles. The number of esters is 2. The summed E-state index contributed by atoms with van der Waals surface area (Å²) in [6, 6.07) is 0. The van der Waals surface area contributed by atoms with Crippen LogP contribution in [0.25, 0.3) is 0 Å². The maximum atomic E-state index is 12.6. The van der Waals surface area contributed by atoms with Crippen LogP contribution in [0, 0.1) is 6.08 Å². The van der Waals surface area contributed by atoms with E-state index in [1.54, 1.807) is 0 Å². The van der Waals surface area contributed by atoms with Crippen molar-refractivity contribution in [3.8, 4) is 0 Å². The first-order valence-electron chi connectivity index (χ1n) is 3.69. The van der Waals surface area contributed by atoms with E-state index in [0.29, 0.717) is 0 Å². The van der Waals surface area contributed by atoms with Gasteiger partial charge in [-0.05, 0) is 0 Å². The standard InChI is InChI=1S/C8H9F2IO4.Rh/c1-3-6(12)14-4-5-15-7(13)8(9,10)11-2;/h1,4-5H2,2H3;/q-2;. The van der Waals surface area contributed by atoms with Gasteiger partial charge in [0.2, 0.25) is 0 Å². The Bertz CT molecular complexity index is 260. The van der Waals surface area contributed by atoms with E-state index >= 15 is 0 Å². The van der Waals surface area contributed by atoms with Crippen LogP contribution in [0.1, 0.15) is 0 Å². The van der Waals surface area contributed by atoms with E-state index in [4.69, 9.17) is 0 Å². The fourth-order valence-corrected chi connectivity index (χ4v) is 1.07. The zero-order valence-electron chi connectivity index (χ0n) is 8.22. The summed E-state index contributed by atoms with van der Waals surface area (Å²) < 4.78 is 30.5. The van der Waals surface area contributed by atoms with Crippen LogP contribution in [-0.4, -0.2) is 34.0 Å². The van der Waals surface area contributed by atoms with Crippen molar-refractivity contribution >= 4 is 11.9 Å². The van der Waals surface area contributed by atoms with E-state index in [9.17, 15) is 18.4 Å². The largest absolute Gasteiger partial charge is 0 e. The number of rotatable bonds is 6. The number of carbonyl (C=O) groups is 2. The molecule has 0 unspecified atom stereocenters. The summed E-state index contributed by atoms with van der Waals surface area (Å²) in [5, 5.41) is 0. The van der Waals surface area contributed by atoms with Crippen molar-refractivity contribution in [1.29, 1.82) is 0 Å². The summed E-state index contributed by atoms with van der Waals surface area (Å²) in [4.78, 5) is 22.4. The molecule has 0 fully saturated rings. The van der Waals surface area contributed by atoms with Crippen molar-refractivity contribution in [1.82, 2.24) is 0 Å². The smallest absolute Gasteiger partial charge is 0 e. The minimum absolute atomic E-state index is 0. The topological polar surface area (TPSA) is 52.6 Å². The molecule has 0 aliphatic rings.